The number of carbonyl (C=O) groups is 2. The Bertz CT molecular complexity index is 1120. The molecular formula is C27H28N2O3. The van der Waals surface area contributed by atoms with Crippen molar-refractivity contribution in [3.05, 3.63) is 101 Å². The van der Waals surface area contributed by atoms with Gasteiger partial charge in [-0.1, -0.05) is 60.2 Å². The Kier molecular flexibility index (Phi) is 5.99. The zero-order chi connectivity index (χ0) is 22.7. The number of aryl methyl sites for hydroxylation is 1. The lowest BCUT2D eigenvalue weighted by Crippen LogP contribution is -2.62. The maximum atomic E-state index is 13.5. The molecular weight excluding hydrogens is 400 g/mol. The highest BCUT2D eigenvalue weighted by Crippen LogP contribution is 2.33. The maximum Gasteiger partial charge on any atom is 0.255 e. The number of hydrogen-bond donors (Lipinski definition) is 1. The summed E-state index contributed by atoms with van der Waals surface area (Å²) in [5.74, 6) is 0.489. The molecule has 1 aliphatic heterocycles. The summed E-state index contributed by atoms with van der Waals surface area (Å²) >= 11 is 0. The van der Waals surface area contributed by atoms with Gasteiger partial charge in [0.25, 0.3) is 5.91 Å². The second-order valence-corrected chi connectivity index (χ2v) is 8.52. The van der Waals surface area contributed by atoms with Gasteiger partial charge in [-0.05, 0) is 48.7 Å². The molecule has 0 fully saturated rings. The van der Waals surface area contributed by atoms with Gasteiger partial charge in [-0.3, -0.25) is 9.59 Å². The molecule has 1 unspecified atom stereocenters. The van der Waals surface area contributed by atoms with Crippen LogP contribution in [0.25, 0.3) is 0 Å². The highest BCUT2D eigenvalue weighted by atomic mass is 16.5. The molecule has 1 heterocycles. The Hall–Kier alpha value is -3.60. The lowest BCUT2D eigenvalue weighted by molar-refractivity contribution is -0.132. The molecule has 0 radical (unpaired) electrons. The van der Waals surface area contributed by atoms with Crippen LogP contribution in [-0.4, -0.2) is 29.4 Å². The molecule has 3 aromatic carbocycles. The number of methoxy groups -OCH3 is 1. The minimum absolute atomic E-state index is 0.116. The Morgan fingerprint density at radius 1 is 1.00 bits per heavy atom. The zero-order valence-corrected chi connectivity index (χ0v) is 18.7. The number of fused-ring (bicyclic) bond motifs is 1. The first-order valence-corrected chi connectivity index (χ1v) is 10.8. The summed E-state index contributed by atoms with van der Waals surface area (Å²) in [5, 5.41) is 3.05. The van der Waals surface area contributed by atoms with E-state index in [1.807, 2.05) is 86.6 Å². The molecule has 1 aliphatic rings. The molecule has 5 nitrogen and oxygen atoms in total. The number of amides is 2. The standard InChI is InChI=1S/C27H28N2O3/c1-19-8-10-21(11-9-19)18-29-25(30)24-7-5-4-6-22(24)16-27(29,2)26(31)28-17-20-12-14-23(32-3)15-13-20/h4-15H,16-18H2,1-3H3,(H,28,31). The Morgan fingerprint density at radius 2 is 1.66 bits per heavy atom. The van der Waals surface area contributed by atoms with Gasteiger partial charge in [0, 0.05) is 25.1 Å². The van der Waals surface area contributed by atoms with Crippen LogP contribution in [0.1, 0.15) is 39.5 Å². The topological polar surface area (TPSA) is 58.6 Å². The summed E-state index contributed by atoms with van der Waals surface area (Å²) in [6, 6.07) is 23.2. The lowest BCUT2D eigenvalue weighted by atomic mass is 9.82. The minimum atomic E-state index is -0.997. The molecule has 164 valence electrons. The van der Waals surface area contributed by atoms with E-state index in [0.29, 0.717) is 25.1 Å². The predicted molar refractivity (Wildman–Crippen MR) is 124 cm³/mol. The van der Waals surface area contributed by atoms with Gasteiger partial charge in [0.2, 0.25) is 5.91 Å². The smallest absolute Gasteiger partial charge is 0.255 e. The molecule has 0 aromatic heterocycles. The van der Waals surface area contributed by atoms with Crippen molar-refractivity contribution in [3.63, 3.8) is 0 Å². The van der Waals surface area contributed by atoms with Crippen molar-refractivity contribution in [2.75, 3.05) is 7.11 Å². The van der Waals surface area contributed by atoms with Gasteiger partial charge in [0.15, 0.2) is 0 Å². The van der Waals surface area contributed by atoms with Crippen LogP contribution in [-0.2, 0) is 24.3 Å². The Balaban J connectivity index is 1.61. The fourth-order valence-corrected chi connectivity index (χ4v) is 4.16. The number of benzene rings is 3. The van der Waals surface area contributed by atoms with Crippen molar-refractivity contribution in [3.8, 4) is 5.75 Å². The van der Waals surface area contributed by atoms with Crippen molar-refractivity contribution in [1.82, 2.24) is 10.2 Å². The van der Waals surface area contributed by atoms with Gasteiger partial charge in [-0.2, -0.15) is 0 Å². The van der Waals surface area contributed by atoms with Gasteiger partial charge in [0.05, 0.1) is 7.11 Å². The normalized spacial score (nSPS) is 17.6. The summed E-state index contributed by atoms with van der Waals surface area (Å²) in [7, 11) is 1.62. The van der Waals surface area contributed by atoms with Crippen LogP contribution in [0.3, 0.4) is 0 Å². The van der Waals surface area contributed by atoms with E-state index < -0.39 is 5.54 Å². The number of nitrogens with zero attached hydrogens (tertiary/aromatic N) is 1. The van der Waals surface area contributed by atoms with Crippen LogP contribution < -0.4 is 10.1 Å². The van der Waals surface area contributed by atoms with Crippen molar-refractivity contribution >= 4 is 11.8 Å². The molecule has 32 heavy (non-hydrogen) atoms. The number of nitrogens with one attached hydrogen (secondary N) is 1. The van der Waals surface area contributed by atoms with Crippen molar-refractivity contribution in [2.45, 2.75) is 38.9 Å². The summed E-state index contributed by atoms with van der Waals surface area (Å²) in [6.07, 6.45) is 0.467. The van der Waals surface area contributed by atoms with E-state index in [4.69, 9.17) is 4.74 Å². The highest BCUT2D eigenvalue weighted by molar-refractivity contribution is 6.02. The molecule has 1 atom stereocenters. The predicted octanol–water partition coefficient (Wildman–Crippen LogP) is 4.28. The zero-order valence-electron chi connectivity index (χ0n) is 18.7. The molecule has 0 saturated heterocycles. The van der Waals surface area contributed by atoms with E-state index in [1.165, 1.54) is 0 Å². The molecule has 0 aliphatic carbocycles. The minimum Gasteiger partial charge on any atom is -0.497 e. The van der Waals surface area contributed by atoms with E-state index >= 15 is 0 Å². The summed E-state index contributed by atoms with van der Waals surface area (Å²) in [6.45, 7) is 4.65. The highest BCUT2D eigenvalue weighted by Gasteiger charge is 2.46. The third-order valence-electron chi connectivity index (χ3n) is 6.19. The molecule has 5 heteroatoms. The van der Waals surface area contributed by atoms with E-state index in [9.17, 15) is 9.59 Å². The molecule has 2 amide bonds. The average Bonchev–Trinajstić information content (AvgIpc) is 2.81. The third-order valence-corrected chi connectivity index (χ3v) is 6.19. The van der Waals surface area contributed by atoms with E-state index in [2.05, 4.69) is 5.32 Å². The lowest BCUT2D eigenvalue weighted by Gasteiger charge is -2.44. The van der Waals surface area contributed by atoms with E-state index in [1.54, 1.807) is 12.0 Å². The van der Waals surface area contributed by atoms with Crippen LogP contribution in [0.4, 0.5) is 0 Å². The number of hydrogen-bond acceptors (Lipinski definition) is 3. The van der Waals surface area contributed by atoms with Gasteiger partial charge < -0.3 is 15.0 Å². The van der Waals surface area contributed by atoms with Crippen molar-refractivity contribution < 1.29 is 14.3 Å². The van der Waals surface area contributed by atoms with Crippen LogP contribution >= 0.6 is 0 Å². The molecule has 1 N–H and O–H groups in total. The monoisotopic (exact) mass is 428 g/mol. The summed E-state index contributed by atoms with van der Waals surface area (Å²) < 4.78 is 5.20. The first-order chi connectivity index (χ1) is 15.4. The average molecular weight is 429 g/mol. The summed E-state index contributed by atoms with van der Waals surface area (Å²) in [4.78, 5) is 28.7. The fourth-order valence-electron chi connectivity index (χ4n) is 4.16. The second-order valence-electron chi connectivity index (χ2n) is 8.52. The van der Waals surface area contributed by atoms with Gasteiger partial charge in [-0.15, -0.1) is 0 Å². The van der Waals surface area contributed by atoms with Crippen LogP contribution in [0.15, 0.2) is 72.8 Å². The van der Waals surface area contributed by atoms with Crippen LogP contribution in [0.5, 0.6) is 5.75 Å². The first kappa shape index (κ1) is 21.6. The Morgan fingerprint density at radius 3 is 2.34 bits per heavy atom. The van der Waals surface area contributed by atoms with Gasteiger partial charge in [0.1, 0.15) is 11.3 Å². The second kappa shape index (κ2) is 8.87. The molecule has 0 bridgehead atoms. The fraction of sp³-hybridized carbons (Fsp3) is 0.259. The summed E-state index contributed by atoms with van der Waals surface area (Å²) in [5.41, 5.74) is 3.69. The third kappa shape index (κ3) is 4.24. The molecule has 4 rings (SSSR count). The molecule has 0 spiro atoms. The SMILES string of the molecule is COc1ccc(CNC(=O)C2(C)Cc3ccccc3C(=O)N2Cc2ccc(C)cc2)cc1. The number of ether oxygens (including phenoxy) is 1. The van der Waals surface area contributed by atoms with Gasteiger partial charge in [-0.25, -0.2) is 0 Å². The quantitative estimate of drug-likeness (QED) is 0.638. The van der Waals surface area contributed by atoms with Crippen LogP contribution in [0.2, 0.25) is 0 Å². The number of rotatable bonds is 6. The van der Waals surface area contributed by atoms with E-state index in [0.717, 1.165) is 28.0 Å². The van der Waals surface area contributed by atoms with Gasteiger partial charge >= 0.3 is 0 Å². The largest absolute Gasteiger partial charge is 0.497 e. The maximum absolute atomic E-state index is 13.5. The molecule has 3 aromatic rings. The van der Waals surface area contributed by atoms with Crippen molar-refractivity contribution in [1.29, 1.82) is 0 Å². The van der Waals surface area contributed by atoms with E-state index in [-0.39, 0.29) is 11.8 Å². The Labute approximate surface area is 189 Å². The van der Waals surface area contributed by atoms with Crippen molar-refractivity contribution in [2.24, 2.45) is 0 Å². The molecule has 0 saturated carbocycles. The first-order valence-electron chi connectivity index (χ1n) is 10.8. The number of carbonyl (C=O) groups excluding carboxylic acids is 2. The van der Waals surface area contributed by atoms with Crippen LogP contribution in [0, 0.1) is 6.92 Å².